The molecule has 0 aliphatic heterocycles. The molecule has 1 heterocycles. The van der Waals surface area contributed by atoms with Gasteiger partial charge in [-0.2, -0.15) is 0 Å². The predicted octanol–water partition coefficient (Wildman–Crippen LogP) is 3.90. The van der Waals surface area contributed by atoms with Crippen LogP contribution in [-0.2, 0) is 11.8 Å². The van der Waals surface area contributed by atoms with Gasteiger partial charge < -0.3 is 9.73 Å². The van der Waals surface area contributed by atoms with Crippen LogP contribution in [0.4, 0.5) is 5.69 Å². The van der Waals surface area contributed by atoms with E-state index in [9.17, 15) is 9.59 Å². The zero-order chi connectivity index (χ0) is 18.8. The maximum absolute atomic E-state index is 13.1. The lowest BCUT2D eigenvalue weighted by Gasteiger charge is -2.18. The van der Waals surface area contributed by atoms with E-state index in [-0.39, 0.29) is 5.91 Å². The van der Waals surface area contributed by atoms with Crippen LogP contribution in [-0.4, -0.2) is 10.5 Å². The topological polar surface area (TPSA) is 64.2 Å². The van der Waals surface area contributed by atoms with Crippen LogP contribution in [0.15, 0.2) is 88.1 Å². The summed E-state index contributed by atoms with van der Waals surface area (Å²) in [5.74, 6) is -1.00. The first-order chi connectivity index (χ1) is 13.1. The van der Waals surface area contributed by atoms with Gasteiger partial charge in [0.2, 0.25) is 5.91 Å². The van der Waals surface area contributed by atoms with E-state index in [0.717, 1.165) is 11.1 Å². The van der Waals surface area contributed by atoms with Crippen molar-refractivity contribution in [3.63, 3.8) is 0 Å². The average Bonchev–Trinajstić information content (AvgIpc) is 2.98. The molecular formula is C22H18N2O3. The molecule has 0 bridgehead atoms. The number of hydrogen-bond donors (Lipinski definition) is 1. The van der Waals surface area contributed by atoms with Crippen LogP contribution < -0.4 is 11.1 Å². The van der Waals surface area contributed by atoms with Crippen molar-refractivity contribution >= 4 is 22.7 Å². The number of oxazole rings is 1. The molecule has 3 aromatic carbocycles. The Hall–Kier alpha value is -3.60. The van der Waals surface area contributed by atoms with Gasteiger partial charge in [0, 0.05) is 12.7 Å². The second kappa shape index (κ2) is 6.96. The molecule has 4 rings (SSSR count). The van der Waals surface area contributed by atoms with E-state index in [0.29, 0.717) is 16.8 Å². The fourth-order valence-corrected chi connectivity index (χ4v) is 3.21. The zero-order valence-electron chi connectivity index (χ0n) is 14.8. The number of carbonyl (C=O) groups excluding carboxylic acids is 1. The van der Waals surface area contributed by atoms with Crippen molar-refractivity contribution in [2.75, 3.05) is 5.32 Å². The quantitative estimate of drug-likeness (QED) is 0.602. The predicted molar refractivity (Wildman–Crippen MR) is 105 cm³/mol. The second-order valence-corrected chi connectivity index (χ2v) is 6.35. The summed E-state index contributed by atoms with van der Waals surface area (Å²) in [6.45, 7) is 0. The number of anilines is 1. The van der Waals surface area contributed by atoms with E-state index in [1.807, 2.05) is 60.7 Å². The van der Waals surface area contributed by atoms with Gasteiger partial charge in [-0.25, -0.2) is 4.79 Å². The van der Waals surface area contributed by atoms with Crippen molar-refractivity contribution in [1.29, 1.82) is 0 Å². The molecule has 134 valence electrons. The minimum atomic E-state index is -0.434. The summed E-state index contributed by atoms with van der Waals surface area (Å²) < 4.78 is 6.55. The summed E-state index contributed by atoms with van der Waals surface area (Å²) in [6.07, 6.45) is 0. The Bertz CT molecular complexity index is 1110. The maximum atomic E-state index is 13.1. The monoisotopic (exact) mass is 358 g/mol. The molecule has 0 fully saturated rings. The Morgan fingerprint density at radius 3 is 2.11 bits per heavy atom. The van der Waals surface area contributed by atoms with E-state index < -0.39 is 11.7 Å². The molecule has 0 saturated heterocycles. The van der Waals surface area contributed by atoms with Crippen molar-refractivity contribution in [1.82, 2.24) is 4.57 Å². The minimum Gasteiger partial charge on any atom is -0.408 e. The first-order valence-corrected chi connectivity index (χ1v) is 8.64. The van der Waals surface area contributed by atoms with E-state index in [1.165, 1.54) is 4.57 Å². The highest BCUT2D eigenvalue weighted by molar-refractivity contribution is 5.99. The van der Waals surface area contributed by atoms with Gasteiger partial charge in [-0.05, 0) is 29.3 Å². The second-order valence-electron chi connectivity index (χ2n) is 6.35. The van der Waals surface area contributed by atoms with Gasteiger partial charge in [0.1, 0.15) is 0 Å². The van der Waals surface area contributed by atoms with Crippen LogP contribution in [0.25, 0.3) is 11.1 Å². The van der Waals surface area contributed by atoms with Crippen LogP contribution in [0.5, 0.6) is 0 Å². The van der Waals surface area contributed by atoms with Crippen molar-refractivity contribution in [2.24, 2.45) is 7.05 Å². The smallest absolute Gasteiger partial charge is 0.408 e. The number of fused-ring (bicyclic) bond motifs is 1. The summed E-state index contributed by atoms with van der Waals surface area (Å²) >= 11 is 0. The fraction of sp³-hybridized carbons (Fsp3) is 0.0909. The average molecular weight is 358 g/mol. The first-order valence-electron chi connectivity index (χ1n) is 8.64. The van der Waals surface area contributed by atoms with Crippen LogP contribution in [0.2, 0.25) is 0 Å². The van der Waals surface area contributed by atoms with Gasteiger partial charge in [-0.1, -0.05) is 60.7 Å². The lowest BCUT2D eigenvalue weighted by Crippen LogP contribution is -2.22. The normalized spacial score (nSPS) is 11.0. The molecule has 1 aromatic heterocycles. The van der Waals surface area contributed by atoms with Crippen molar-refractivity contribution < 1.29 is 9.21 Å². The molecule has 0 unspecified atom stereocenters. The summed E-state index contributed by atoms with van der Waals surface area (Å²) in [5.41, 5.74) is 3.56. The Labute approximate surface area is 155 Å². The highest BCUT2D eigenvalue weighted by Crippen LogP contribution is 2.27. The fourth-order valence-electron chi connectivity index (χ4n) is 3.21. The molecule has 1 N–H and O–H groups in total. The molecule has 0 aliphatic carbocycles. The van der Waals surface area contributed by atoms with Gasteiger partial charge in [0.05, 0.1) is 11.4 Å². The van der Waals surface area contributed by atoms with Crippen LogP contribution in [0.1, 0.15) is 17.0 Å². The van der Waals surface area contributed by atoms with E-state index in [4.69, 9.17) is 4.42 Å². The summed E-state index contributed by atoms with van der Waals surface area (Å²) in [4.78, 5) is 24.8. The van der Waals surface area contributed by atoms with E-state index in [2.05, 4.69) is 5.32 Å². The van der Waals surface area contributed by atoms with E-state index >= 15 is 0 Å². The Balaban J connectivity index is 1.70. The van der Waals surface area contributed by atoms with Crippen LogP contribution in [0.3, 0.4) is 0 Å². The van der Waals surface area contributed by atoms with Crippen molar-refractivity contribution in [2.45, 2.75) is 5.92 Å². The highest BCUT2D eigenvalue weighted by Gasteiger charge is 2.23. The molecular weight excluding hydrogens is 340 g/mol. The third-order valence-corrected chi connectivity index (χ3v) is 4.59. The number of aryl methyl sites for hydroxylation is 1. The number of aromatic nitrogens is 1. The van der Waals surface area contributed by atoms with Gasteiger partial charge in [0.25, 0.3) is 0 Å². The SMILES string of the molecule is Cn1c(=O)oc2ccc(NC(=O)C(c3ccccc3)c3ccccc3)cc21. The standard InChI is InChI=1S/C22H18N2O3/c1-24-18-14-17(12-13-19(18)27-22(24)26)23-21(25)20(15-8-4-2-5-9-15)16-10-6-3-7-11-16/h2-14,20H,1H3,(H,23,25). The number of rotatable bonds is 4. The Kier molecular flexibility index (Phi) is 4.34. The first kappa shape index (κ1) is 16.8. The molecule has 0 atom stereocenters. The molecule has 5 nitrogen and oxygen atoms in total. The van der Waals surface area contributed by atoms with Crippen molar-refractivity contribution in [3.05, 3.63) is 101 Å². The third-order valence-electron chi connectivity index (χ3n) is 4.59. The molecule has 0 spiro atoms. The lowest BCUT2D eigenvalue weighted by molar-refractivity contribution is -0.116. The lowest BCUT2D eigenvalue weighted by atomic mass is 9.90. The summed E-state index contributed by atoms with van der Waals surface area (Å²) in [7, 11) is 1.64. The maximum Gasteiger partial charge on any atom is 0.419 e. The molecule has 1 amide bonds. The number of nitrogens with zero attached hydrogens (tertiary/aromatic N) is 1. The molecule has 4 aromatic rings. The largest absolute Gasteiger partial charge is 0.419 e. The number of benzene rings is 3. The Morgan fingerprint density at radius 2 is 1.52 bits per heavy atom. The van der Waals surface area contributed by atoms with Gasteiger partial charge >= 0.3 is 5.76 Å². The number of amides is 1. The van der Waals surface area contributed by atoms with Gasteiger partial charge in [-0.15, -0.1) is 0 Å². The summed E-state index contributed by atoms with van der Waals surface area (Å²) in [6, 6.07) is 24.5. The molecule has 0 aliphatic rings. The Morgan fingerprint density at radius 1 is 0.926 bits per heavy atom. The number of hydrogen-bond acceptors (Lipinski definition) is 3. The molecule has 0 radical (unpaired) electrons. The third kappa shape index (κ3) is 3.27. The van der Waals surface area contributed by atoms with Crippen LogP contribution in [0, 0.1) is 0 Å². The zero-order valence-corrected chi connectivity index (χ0v) is 14.8. The molecule has 0 saturated carbocycles. The molecule has 27 heavy (non-hydrogen) atoms. The van der Waals surface area contributed by atoms with Gasteiger partial charge in [0.15, 0.2) is 5.58 Å². The van der Waals surface area contributed by atoms with Crippen LogP contribution >= 0.6 is 0 Å². The minimum absolute atomic E-state index is 0.139. The molecule has 5 heteroatoms. The number of carbonyl (C=O) groups is 1. The highest BCUT2D eigenvalue weighted by atomic mass is 16.4. The van der Waals surface area contributed by atoms with Crippen molar-refractivity contribution in [3.8, 4) is 0 Å². The van der Waals surface area contributed by atoms with Gasteiger partial charge in [-0.3, -0.25) is 9.36 Å². The number of nitrogens with one attached hydrogen (secondary N) is 1. The van der Waals surface area contributed by atoms with E-state index in [1.54, 1.807) is 25.2 Å². The summed E-state index contributed by atoms with van der Waals surface area (Å²) in [5, 5.41) is 2.97.